The van der Waals surface area contributed by atoms with Crippen molar-refractivity contribution in [1.82, 2.24) is 0 Å². The Balaban J connectivity index is 1.97. The molecule has 5 heteroatoms. The van der Waals surface area contributed by atoms with Crippen LogP contribution < -0.4 is 9.64 Å². The van der Waals surface area contributed by atoms with Crippen molar-refractivity contribution in [3.8, 4) is 5.75 Å². The molecule has 3 rings (SSSR count). The fourth-order valence-corrected chi connectivity index (χ4v) is 3.89. The van der Waals surface area contributed by atoms with Gasteiger partial charge in [-0.3, -0.25) is 9.69 Å². The second kappa shape index (κ2) is 6.23. The Morgan fingerprint density at radius 1 is 1.09 bits per heavy atom. The highest BCUT2D eigenvalue weighted by molar-refractivity contribution is 8.01. The average molecular weight is 334 g/mol. The molecule has 2 aromatic carbocycles. The molecule has 0 bridgehead atoms. The first-order chi connectivity index (χ1) is 10.6. The number of rotatable bonds is 3. The number of anilines is 1. The number of carbonyl (C=O) groups excluding carboxylic acids is 1. The topological polar surface area (TPSA) is 29.5 Å². The predicted octanol–water partition coefficient (Wildman–Crippen LogP) is 4.52. The molecule has 0 aliphatic carbocycles. The molecule has 1 fully saturated rings. The zero-order valence-electron chi connectivity index (χ0n) is 12.3. The van der Waals surface area contributed by atoms with Crippen molar-refractivity contribution in [2.75, 3.05) is 12.0 Å². The van der Waals surface area contributed by atoms with Crippen LogP contribution in [0.25, 0.3) is 0 Å². The number of hydrogen-bond donors (Lipinski definition) is 0. The van der Waals surface area contributed by atoms with Gasteiger partial charge in [-0.25, -0.2) is 0 Å². The molecule has 22 heavy (non-hydrogen) atoms. The maximum absolute atomic E-state index is 12.5. The number of halogens is 1. The molecule has 0 spiro atoms. The number of methoxy groups -OCH3 is 1. The summed E-state index contributed by atoms with van der Waals surface area (Å²) in [5, 5.41) is 0.564. The second-order valence-corrected chi connectivity index (χ2v) is 6.95. The number of thioether (sulfide) groups is 1. The van der Waals surface area contributed by atoms with Crippen molar-refractivity contribution in [3.05, 3.63) is 59.1 Å². The maximum Gasteiger partial charge on any atom is 0.241 e. The zero-order valence-corrected chi connectivity index (χ0v) is 13.9. The van der Waals surface area contributed by atoms with E-state index >= 15 is 0 Å². The minimum absolute atomic E-state index is 0.0328. The largest absolute Gasteiger partial charge is 0.497 e. The number of ether oxygens (including phenoxy) is 1. The fraction of sp³-hybridized carbons (Fsp3) is 0.235. The van der Waals surface area contributed by atoms with Gasteiger partial charge in [0.15, 0.2) is 0 Å². The van der Waals surface area contributed by atoms with Gasteiger partial charge in [0.25, 0.3) is 0 Å². The normalized spacial score (nSPS) is 21.2. The summed E-state index contributed by atoms with van der Waals surface area (Å²) in [6.45, 7) is 1.94. The van der Waals surface area contributed by atoms with Crippen LogP contribution >= 0.6 is 23.4 Å². The van der Waals surface area contributed by atoms with Gasteiger partial charge >= 0.3 is 0 Å². The van der Waals surface area contributed by atoms with Crippen LogP contribution in [0.3, 0.4) is 0 Å². The number of hydrogen-bond acceptors (Lipinski definition) is 3. The first-order valence-electron chi connectivity index (χ1n) is 6.98. The van der Waals surface area contributed by atoms with E-state index in [1.807, 2.05) is 60.4 Å². The first-order valence-corrected chi connectivity index (χ1v) is 8.30. The average Bonchev–Trinajstić information content (AvgIpc) is 2.84. The van der Waals surface area contributed by atoms with E-state index in [2.05, 4.69) is 0 Å². The third-order valence-corrected chi connectivity index (χ3v) is 5.26. The Labute approximate surface area is 139 Å². The molecule has 0 N–H and O–H groups in total. The summed E-state index contributed by atoms with van der Waals surface area (Å²) in [4.78, 5) is 14.4. The van der Waals surface area contributed by atoms with E-state index in [1.165, 1.54) is 0 Å². The summed E-state index contributed by atoms with van der Waals surface area (Å²) in [5.41, 5.74) is 1.95. The van der Waals surface area contributed by atoms with Crippen LogP contribution in [0.15, 0.2) is 48.5 Å². The lowest BCUT2D eigenvalue weighted by Crippen LogP contribution is -2.30. The van der Waals surface area contributed by atoms with Crippen molar-refractivity contribution < 1.29 is 9.53 Å². The van der Waals surface area contributed by atoms with Crippen LogP contribution in [0.4, 0.5) is 5.69 Å². The number of benzene rings is 2. The highest BCUT2D eigenvalue weighted by Gasteiger charge is 2.39. The summed E-state index contributed by atoms with van der Waals surface area (Å²) in [5.74, 6) is 0.928. The Morgan fingerprint density at radius 3 is 2.32 bits per heavy atom. The van der Waals surface area contributed by atoms with E-state index in [9.17, 15) is 4.79 Å². The molecule has 1 aliphatic heterocycles. The molecule has 2 atom stereocenters. The van der Waals surface area contributed by atoms with Gasteiger partial charge in [-0.2, -0.15) is 0 Å². The lowest BCUT2D eigenvalue weighted by Gasteiger charge is -2.24. The van der Waals surface area contributed by atoms with Gasteiger partial charge in [-0.1, -0.05) is 23.7 Å². The van der Waals surface area contributed by atoms with Gasteiger partial charge in [-0.15, -0.1) is 11.8 Å². The summed E-state index contributed by atoms with van der Waals surface area (Å²) < 4.78 is 5.20. The highest BCUT2D eigenvalue weighted by Crippen LogP contribution is 2.45. The quantitative estimate of drug-likeness (QED) is 0.827. The zero-order chi connectivity index (χ0) is 15.7. The van der Waals surface area contributed by atoms with E-state index in [0.717, 1.165) is 17.0 Å². The van der Waals surface area contributed by atoms with E-state index in [4.69, 9.17) is 16.3 Å². The molecule has 1 aliphatic rings. The molecule has 0 saturated carbocycles. The lowest BCUT2D eigenvalue weighted by atomic mass is 10.1. The Kier molecular flexibility index (Phi) is 4.32. The van der Waals surface area contributed by atoms with Crippen molar-refractivity contribution >= 4 is 35.0 Å². The first kappa shape index (κ1) is 15.3. The minimum Gasteiger partial charge on any atom is -0.497 e. The van der Waals surface area contributed by atoms with Crippen molar-refractivity contribution in [1.29, 1.82) is 0 Å². The number of carbonyl (C=O) groups is 1. The molecule has 1 heterocycles. The second-order valence-electron chi connectivity index (χ2n) is 5.09. The van der Waals surface area contributed by atoms with E-state index in [0.29, 0.717) is 5.02 Å². The van der Waals surface area contributed by atoms with Crippen molar-refractivity contribution in [2.45, 2.75) is 17.5 Å². The fourth-order valence-electron chi connectivity index (χ4n) is 2.48. The van der Waals surface area contributed by atoms with Crippen molar-refractivity contribution in [3.63, 3.8) is 0 Å². The third-order valence-electron chi connectivity index (χ3n) is 3.66. The molecular formula is C17H16ClNO2S. The van der Waals surface area contributed by atoms with Crippen molar-refractivity contribution in [2.24, 2.45) is 0 Å². The molecular weight excluding hydrogens is 318 g/mol. The summed E-state index contributed by atoms with van der Waals surface area (Å²) >= 11 is 7.60. The molecule has 114 valence electrons. The molecule has 3 nitrogen and oxygen atoms in total. The molecule has 0 radical (unpaired) electrons. The van der Waals surface area contributed by atoms with Gasteiger partial charge in [0.05, 0.1) is 12.4 Å². The van der Waals surface area contributed by atoms with Gasteiger partial charge in [-0.05, 0) is 48.9 Å². The number of nitrogens with zero attached hydrogens (tertiary/aromatic N) is 1. The smallest absolute Gasteiger partial charge is 0.241 e. The van der Waals surface area contributed by atoms with E-state index in [-0.39, 0.29) is 16.5 Å². The molecule has 1 saturated heterocycles. The third kappa shape index (κ3) is 2.81. The minimum atomic E-state index is -0.0669. The van der Waals surface area contributed by atoms with E-state index in [1.54, 1.807) is 18.9 Å². The van der Waals surface area contributed by atoms with Crippen LogP contribution in [-0.2, 0) is 4.79 Å². The molecule has 1 amide bonds. The predicted molar refractivity (Wildman–Crippen MR) is 91.7 cm³/mol. The standard InChI is InChI=1S/C17H16ClNO2S/c1-11-16(20)19(14-7-5-13(18)6-8-14)17(22-11)12-3-9-15(21-2)10-4-12/h3-11,17H,1-2H3/t11-,17+/m1/s1. The highest BCUT2D eigenvalue weighted by atomic mass is 35.5. The SMILES string of the molecule is COc1ccc([C@@H]2S[C@H](C)C(=O)N2c2ccc(Cl)cc2)cc1. The van der Waals surface area contributed by atoms with Crippen LogP contribution in [0, 0.1) is 0 Å². The Hall–Kier alpha value is -1.65. The monoisotopic (exact) mass is 333 g/mol. The van der Waals surface area contributed by atoms with Gasteiger partial charge < -0.3 is 4.74 Å². The lowest BCUT2D eigenvalue weighted by molar-refractivity contribution is -0.117. The van der Waals surface area contributed by atoms with Crippen LogP contribution in [0.5, 0.6) is 5.75 Å². The Bertz CT molecular complexity index is 672. The van der Waals surface area contributed by atoms with Crippen LogP contribution in [0.1, 0.15) is 17.9 Å². The molecule has 0 unspecified atom stereocenters. The molecule has 2 aromatic rings. The van der Waals surface area contributed by atoms with Gasteiger partial charge in [0.2, 0.25) is 5.91 Å². The summed E-state index contributed by atoms with van der Waals surface area (Å²) in [6.07, 6.45) is 0. The maximum atomic E-state index is 12.5. The summed E-state index contributed by atoms with van der Waals surface area (Å²) in [7, 11) is 1.64. The number of amides is 1. The molecule has 0 aromatic heterocycles. The van der Waals surface area contributed by atoms with Crippen LogP contribution in [0.2, 0.25) is 5.02 Å². The summed E-state index contributed by atoms with van der Waals surface area (Å²) in [6, 6.07) is 15.2. The van der Waals surface area contributed by atoms with Gasteiger partial charge in [0, 0.05) is 10.7 Å². The van der Waals surface area contributed by atoms with Gasteiger partial charge in [0.1, 0.15) is 11.1 Å². The van der Waals surface area contributed by atoms with Crippen LogP contribution in [-0.4, -0.2) is 18.3 Å². The Morgan fingerprint density at radius 2 is 1.73 bits per heavy atom. The van der Waals surface area contributed by atoms with E-state index < -0.39 is 0 Å².